The fourth-order valence-corrected chi connectivity index (χ4v) is 4.45. The first-order chi connectivity index (χ1) is 12.8. The fourth-order valence-electron chi connectivity index (χ4n) is 3.71. The second kappa shape index (κ2) is 8.31. The third-order valence-corrected chi connectivity index (χ3v) is 6.29. The predicted molar refractivity (Wildman–Crippen MR) is 107 cm³/mol. The van der Waals surface area contributed by atoms with Gasteiger partial charge in [0.05, 0.1) is 10.7 Å². The zero-order chi connectivity index (χ0) is 17.8. The van der Waals surface area contributed by atoms with Gasteiger partial charge in [0.1, 0.15) is 5.82 Å². The van der Waals surface area contributed by atoms with Gasteiger partial charge in [-0.05, 0) is 31.7 Å². The van der Waals surface area contributed by atoms with E-state index in [1.54, 1.807) is 11.3 Å². The van der Waals surface area contributed by atoms with Crippen molar-refractivity contribution < 1.29 is 0 Å². The molecule has 26 heavy (non-hydrogen) atoms. The third-order valence-electron chi connectivity index (χ3n) is 5.25. The smallest absolute Gasteiger partial charge is 0.227 e. The van der Waals surface area contributed by atoms with Crippen LogP contribution in [0.5, 0.6) is 0 Å². The molecule has 2 saturated heterocycles. The standard InChI is InChI=1S/C19H28N6S/c1-2-18-21-16(15-26-18)14-23-10-12-24(13-11-23)17-6-7-20-19(22-17)25-8-4-3-5-9-25/h6-7,15H,2-5,8-14H2,1H3. The molecule has 0 saturated carbocycles. The van der Waals surface area contributed by atoms with Gasteiger partial charge in [-0.25, -0.2) is 9.97 Å². The number of rotatable bonds is 5. The molecule has 2 aliphatic rings. The summed E-state index contributed by atoms with van der Waals surface area (Å²) in [5.74, 6) is 1.97. The van der Waals surface area contributed by atoms with Gasteiger partial charge in [0, 0.05) is 57.4 Å². The van der Waals surface area contributed by atoms with Crippen molar-refractivity contribution >= 4 is 23.1 Å². The lowest BCUT2D eigenvalue weighted by Crippen LogP contribution is -2.46. The van der Waals surface area contributed by atoms with Crippen molar-refractivity contribution in [3.63, 3.8) is 0 Å². The molecule has 2 fully saturated rings. The Kier molecular flexibility index (Phi) is 5.65. The van der Waals surface area contributed by atoms with Crippen LogP contribution in [0.25, 0.3) is 0 Å². The number of hydrogen-bond donors (Lipinski definition) is 0. The molecule has 0 bridgehead atoms. The molecule has 4 heterocycles. The minimum absolute atomic E-state index is 0.902. The summed E-state index contributed by atoms with van der Waals surface area (Å²) in [6.45, 7) is 9.45. The van der Waals surface area contributed by atoms with Gasteiger partial charge in [-0.3, -0.25) is 4.90 Å². The third kappa shape index (κ3) is 4.15. The number of piperidine rings is 1. The Hall–Kier alpha value is -1.73. The lowest BCUT2D eigenvalue weighted by molar-refractivity contribution is 0.247. The van der Waals surface area contributed by atoms with Crippen molar-refractivity contribution in [2.45, 2.75) is 39.2 Å². The Morgan fingerprint density at radius 1 is 0.962 bits per heavy atom. The second-order valence-electron chi connectivity index (χ2n) is 7.11. The molecule has 6 nitrogen and oxygen atoms in total. The van der Waals surface area contributed by atoms with E-state index in [9.17, 15) is 0 Å². The summed E-state index contributed by atoms with van der Waals surface area (Å²) >= 11 is 1.78. The van der Waals surface area contributed by atoms with E-state index < -0.39 is 0 Å². The van der Waals surface area contributed by atoms with E-state index in [2.05, 4.69) is 38.1 Å². The lowest BCUT2D eigenvalue weighted by Gasteiger charge is -2.35. The maximum absolute atomic E-state index is 4.86. The van der Waals surface area contributed by atoms with E-state index in [0.29, 0.717) is 0 Å². The predicted octanol–water partition coefficient (Wildman–Crippen LogP) is 2.81. The highest BCUT2D eigenvalue weighted by atomic mass is 32.1. The van der Waals surface area contributed by atoms with Crippen LogP contribution in [0.1, 0.15) is 36.9 Å². The van der Waals surface area contributed by atoms with Crippen molar-refractivity contribution in [3.05, 3.63) is 28.3 Å². The highest BCUT2D eigenvalue weighted by Crippen LogP contribution is 2.20. The Balaban J connectivity index is 1.34. The minimum Gasteiger partial charge on any atom is -0.354 e. The summed E-state index contributed by atoms with van der Waals surface area (Å²) in [6, 6.07) is 2.05. The number of hydrogen-bond acceptors (Lipinski definition) is 7. The van der Waals surface area contributed by atoms with Gasteiger partial charge in [-0.2, -0.15) is 4.98 Å². The minimum atomic E-state index is 0.902. The number of aromatic nitrogens is 3. The molecule has 2 aromatic heterocycles. The van der Waals surface area contributed by atoms with E-state index in [4.69, 9.17) is 9.97 Å². The van der Waals surface area contributed by atoms with Gasteiger partial charge in [0.15, 0.2) is 0 Å². The Bertz CT molecular complexity index is 704. The summed E-state index contributed by atoms with van der Waals surface area (Å²) in [6.07, 6.45) is 6.79. The molecule has 2 aromatic rings. The SMILES string of the molecule is CCc1nc(CN2CCN(c3ccnc(N4CCCCC4)n3)CC2)cs1. The molecular formula is C19H28N6S. The zero-order valence-corrected chi connectivity index (χ0v) is 16.4. The number of aryl methyl sites for hydroxylation is 1. The molecular weight excluding hydrogens is 344 g/mol. The first-order valence-corrected chi connectivity index (χ1v) is 10.7. The summed E-state index contributed by atoms with van der Waals surface area (Å²) in [5, 5.41) is 3.45. The Labute approximate surface area is 159 Å². The molecule has 0 spiro atoms. The van der Waals surface area contributed by atoms with E-state index in [0.717, 1.165) is 64.0 Å². The van der Waals surface area contributed by atoms with Crippen LogP contribution in [0.15, 0.2) is 17.6 Å². The maximum atomic E-state index is 4.86. The molecule has 7 heteroatoms. The maximum Gasteiger partial charge on any atom is 0.227 e. The monoisotopic (exact) mass is 372 g/mol. The van der Waals surface area contributed by atoms with Gasteiger partial charge >= 0.3 is 0 Å². The molecule has 0 amide bonds. The van der Waals surface area contributed by atoms with Crippen molar-refractivity contribution in [1.82, 2.24) is 19.9 Å². The summed E-state index contributed by atoms with van der Waals surface area (Å²) in [5.41, 5.74) is 1.22. The molecule has 0 N–H and O–H groups in total. The molecule has 2 aliphatic heterocycles. The van der Waals surface area contributed by atoms with Gasteiger partial charge in [-0.15, -0.1) is 11.3 Å². The van der Waals surface area contributed by atoms with Crippen LogP contribution in [0.4, 0.5) is 11.8 Å². The molecule has 0 radical (unpaired) electrons. The first kappa shape index (κ1) is 17.7. The Morgan fingerprint density at radius 3 is 2.50 bits per heavy atom. The highest BCUT2D eigenvalue weighted by molar-refractivity contribution is 7.09. The summed E-state index contributed by atoms with van der Waals surface area (Å²) in [7, 11) is 0. The van der Waals surface area contributed by atoms with Crippen LogP contribution in [0, 0.1) is 0 Å². The van der Waals surface area contributed by atoms with Gasteiger partial charge in [-0.1, -0.05) is 6.92 Å². The van der Waals surface area contributed by atoms with E-state index in [1.165, 1.54) is 30.0 Å². The molecule has 140 valence electrons. The van der Waals surface area contributed by atoms with Crippen LogP contribution >= 0.6 is 11.3 Å². The molecule has 4 rings (SSSR count). The number of thiazole rings is 1. The highest BCUT2D eigenvalue weighted by Gasteiger charge is 2.20. The average molecular weight is 373 g/mol. The van der Waals surface area contributed by atoms with Crippen LogP contribution in [-0.2, 0) is 13.0 Å². The normalized spacial score (nSPS) is 19.1. The van der Waals surface area contributed by atoms with Crippen molar-refractivity contribution in [3.8, 4) is 0 Å². The van der Waals surface area contributed by atoms with Gasteiger partial charge in [0.25, 0.3) is 0 Å². The van der Waals surface area contributed by atoms with Crippen LogP contribution < -0.4 is 9.80 Å². The average Bonchev–Trinajstić information content (AvgIpc) is 3.17. The molecule has 0 aliphatic carbocycles. The number of anilines is 2. The second-order valence-corrected chi connectivity index (χ2v) is 8.05. The van der Waals surface area contributed by atoms with Crippen molar-refractivity contribution in [2.75, 3.05) is 49.1 Å². The lowest BCUT2D eigenvalue weighted by atomic mass is 10.1. The van der Waals surface area contributed by atoms with Crippen molar-refractivity contribution in [1.29, 1.82) is 0 Å². The molecule has 0 unspecified atom stereocenters. The van der Waals surface area contributed by atoms with E-state index in [1.807, 2.05) is 6.20 Å². The van der Waals surface area contributed by atoms with Crippen LogP contribution in [-0.4, -0.2) is 59.1 Å². The van der Waals surface area contributed by atoms with E-state index >= 15 is 0 Å². The van der Waals surface area contributed by atoms with Gasteiger partial charge < -0.3 is 9.80 Å². The number of nitrogens with zero attached hydrogens (tertiary/aromatic N) is 6. The van der Waals surface area contributed by atoms with Crippen LogP contribution in [0.3, 0.4) is 0 Å². The van der Waals surface area contributed by atoms with Gasteiger partial charge in [0.2, 0.25) is 5.95 Å². The topological polar surface area (TPSA) is 48.4 Å². The largest absolute Gasteiger partial charge is 0.354 e. The number of piperazine rings is 1. The van der Waals surface area contributed by atoms with Crippen molar-refractivity contribution in [2.24, 2.45) is 0 Å². The molecule has 0 aromatic carbocycles. The van der Waals surface area contributed by atoms with E-state index in [-0.39, 0.29) is 0 Å². The Morgan fingerprint density at radius 2 is 1.77 bits per heavy atom. The fraction of sp³-hybridized carbons (Fsp3) is 0.632. The summed E-state index contributed by atoms with van der Waals surface area (Å²) in [4.78, 5) is 21.3. The first-order valence-electron chi connectivity index (χ1n) is 9.80. The van der Waals surface area contributed by atoms with Crippen LogP contribution in [0.2, 0.25) is 0 Å². The zero-order valence-electron chi connectivity index (χ0n) is 15.6. The summed E-state index contributed by atoms with van der Waals surface area (Å²) < 4.78 is 0. The quantitative estimate of drug-likeness (QED) is 0.804. The molecule has 0 atom stereocenters.